The van der Waals surface area contributed by atoms with Crippen LogP contribution in [0.25, 0.3) is 0 Å². The zero-order valence-corrected chi connectivity index (χ0v) is 16.7. The van der Waals surface area contributed by atoms with Gasteiger partial charge in [0.1, 0.15) is 5.78 Å². The SMILES string of the molecule is CC(C(=O)O)[C@H]1CC[C@H]2[C@@H]3C(=O)CC4CC(O)CC[C@]4(C)[C@H]3C(O)C[C@]12C. The number of carboxylic acids is 1. The third-order valence-electron chi connectivity index (χ3n) is 9.45. The maximum Gasteiger partial charge on any atom is 0.306 e. The van der Waals surface area contributed by atoms with Gasteiger partial charge in [0, 0.05) is 18.3 Å². The summed E-state index contributed by atoms with van der Waals surface area (Å²) in [5, 5.41) is 31.0. The second-order valence-corrected chi connectivity index (χ2v) is 10.5. The van der Waals surface area contributed by atoms with Crippen LogP contribution in [0.3, 0.4) is 0 Å². The first-order valence-corrected chi connectivity index (χ1v) is 10.7. The van der Waals surface area contributed by atoms with Crippen molar-refractivity contribution < 1.29 is 24.9 Å². The number of carboxylic acid groups (broad SMARTS) is 1. The fourth-order valence-electron chi connectivity index (χ4n) is 8.05. The van der Waals surface area contributed by atoms with Crippen LogP contribution in [0.4, 0.5) is 0 Å². The molecule has 5 nitrogen and oxygen atoms in total. The van der Waals surface area contributed by atoms with Gasteiger partial charge < -0.3 is 15.3 Å². The van der Waals surface area contributed by atoms with E-state index in [1.165, 1.54) is 0 Å². The number of carbonyl (C=O) groups is 2. The number of aliphatic hydroxyl groups is 2. The molecule has 3 N–H and O–H groups in total. The highest BCUT2D eigenvalue weighted by Crippen LogP contribution is 2.67. The molecular weight excluding hydrogens is 344 g/mol. The molecule has 0 amide bonds. The Morgan fingerprint density at radius 1 is 1.15 bits per heavy atom. The fourth-order valence-corrected chi connectivity index (χ4v) is 8.05. The van der Waals surface area contributed by atoms with Gasteiger partial charge in [0.15, 0.2) is 0 Å². The van der Waals surface area contributed by atoms with Crippen LogP contribution in [0, 0.1) is 46.3 Å². The normalized spacial score (nSPS) is 53.2. The minimum Gasteiger partial charge on any atom is -0.481 e. The molecule has 0 bridgehead atoms. The number of rotatable bonds is 2. The predicted molar refractivity (Wildman–Crippen MR) is 99.8 cm³/mol. The van der Waals surface area contributed by atoms with Gasteiger partial charge in [-0.3, -0.25) is 9.59 Å². The van der Waals surface area contributed by atoms with Gasteiger partial charge in [-0.05, 0) is 67.1 Å². The second-order valence-electron chi connectivity index (χ2n) is 10.5. The summed E-state index contributed by atoms with van der Waals surface area (Å²) in [5.41, 5.74) is -0.388. The lowest BCUT2D eigenvalue weighted by Crippen LogP contribution is -2.62. The molecule has 4 aliphatic carbocycles. The lowest BCUT2D eigenvalue weighted by molar-refractivity contribution is -0.187. The van der Waals surface area contributed by atoms with Gasteiger partial charge in [-0.2, -0.15) is 0 Å². The van der Waals surface area contributed by atoms with E-state index < -0.39 is 18.0 Å². The monoisotopic (exact) mass is 378 g/mol. The molecule has 4 rings (SSSR count). The van der Waals surface area contributed by atoms with Crippen molar-refractivity contribution in [1.29, 1.82) is 0 Å². The lowest BCUT2D eigenvalue weighted by Gasteiger charge is -2.61. The van der Waals surface area contributed by atoms with Crippen LogP contribution in [0.1, 0.15) is 65.7 Å². The number of carbonyl (C=O) groups excluding carboxylic acids is 1. The number of aliphatic carboxylic acids is 1. The van der Waals surface area contributed by atoms with Crippen molar-refractivity contribution in [2.24, 2.45) is 46.3 Å². The highest BCUT2D eigenvalue weighted by molar-refractivity contribution is 5.83. The van der Waals surface area contributed by atoms with E-state index in [1.807, 2.05) is 0 Å². The van der Waals surface area contributed by atoms with Gasteiger partial charge in [-0.15, -0.1) is 0 Å². The molecule has 0 radical (unpaired) electrons. The van der Waals surface area contributed by atoms with Crippen molar-refractivity contribution in [3.63, 3.8) is 0 Å². The van der Waals surface area contributed by atoms with E-state index in [1.54, 1.807) is 6.92 Å². The van der Waals surface area contributed by atoms with E-state index in [9.17, 15) is 24.9 Å². The molecule has 0 saturated heterocycles. The van der Waals surface area contributed by atoms with Gasteiger partial charge in [0.2, 0.25) is 0 Å². The van der Waals surface area contributed by atoms with Crippen LogP contribution in [-0.4, -0.2) is 39.3 Å². The van der Waals surface area contributed by atoms with Gasteiger partial charge >= 0.3 is 5.97 Å². The molecule has 4 saturated carbocycles. The average Bonchev–Trinajstić information content (AvgIpc) is 2.91. The van der Waals surface area contributed by atoms with E-state index >= 15 is 0 Å². The molecule has 4 aliphatic rings. The summed E-state index contributed by atoms with van der Waals surface area (Å²) in [6.45, 7) is 6.13. The number of aliphatic hydroxyl groups excluding tert-OH is 2. The predicted octanol–water partition coefficient (Wildman–Crippen LogP) is 2.88. The number of hydrogen-bond acceptors (Lipinski definition) is 4. The smallest absolute Gasteiger partial charge is 0.306 e. The maximum absolute atomic E-state index is 13.3. The Hall–Kier alpha value is -0.940. The summed E-state index contributed by atoms with van der Waals surface area (Å²) in [6, 6.07) is 0. The zero-order chi connectivity index (χ0) is 19.7. The summed E-state index contributed by atoms with van der Waals surface area (Å²) >= 11 is 0. The van der Waals surface area contributed by atoms with Crippen LogP contribution in [-0.2, 0) is 9.59 Å². The molecule has 0 spiro atoms. The quantitative estimate of drug-likeness (QED) is 0.687. The Bertz CT molecular complexity index is 647. The molecule has 0 aliphatic heterocycles. The highest BCUT2D eigenvalue weighted by Gasteiger charge is 2.66. The van der Waals surface area contributed by atoms with Gasteiger partial charge in [0.05, 0.1) is 18.1 Å². The van der Waals surface area contributed by atoms with Crippen LogP contribution in [0.2, 0.25) is 0 Å². The lowest BCUT2D eigenvalue weighted by atomic mass is 9.43. The van der Waals surface area contributed by atoms with Crippen molar-refractivity contribution in [2.75, 3.05) is 0 Å². The number of Topliss-reactive ketones (excluding diaryl/α,β-unsaturated/α-hetero) is 1. The van der Waals surface area contributed by atoms with Crippen molar-refractivity contribution in [1.82, 2.24) is 0 Å². The van der Waals surface area contributed by atoms with Crippen LogP contribution in [0.15, 0.2) is 0 Å². The van der Waals surface area contributed by atoms with Crippen molar-refractivity contribution in [3.8, 4) is 0 Å². The van der Waals surface area contributed by atoms with Gasteiger partial charge in [0.25, 0.3) is 0 Å². The van der Waals surface area contributed by atoms with Crippen LogP contribution < -0.4 is 0 Å². The minimum atomic E-state index is -0.776. The minimum absolute atomic E-state index is 0.0158. The molecule has 4 fully saturated rings. The summed E-state index contributed by atoms with van der Waals surface area (Å²) in [6.07, 6.45) is 4.21. The molecule has 5 heteroatoms. The number of hydrogen-bond donors (Lipinski definition) is 3. The van der Waals surface area contributed by atoms with E-state index in [0.29, 0.717) is 19.3 Å². The fraction of sp³-hybridized carbons (Fsp3) is 0.909. The van der Waals surface area contributed by atoms with E-state index in [-0.39, 0.29) is 52.3 Å². The van der Waals surface area contributed by atoms with Crippen molar-refractivity contribution in [3.05, 3.63) is 0 Å². The van der Waals surface area contributed by atoms with Gasteiger partial charge in [-0.25, -0.2) is 0 Å². The number of fused-ring (bicyclic) bond motifs is 5. The third-order valence-corrected chi connectivity index (χ3v) is 9.45. The Kier molecular flexibility index (Phi) is 4.51. The highest BCUT2D eigenvalue weighted by atomic mass is 16.4. The Morgan fingerprint density at radius 2 is 1.85 bits per heavy atom. The summed E-state index contributed by atoms with van der Waals surface area (Å²) in [4.78, 5) is 24.9. The molecule has 0 aromatic rings. The Balaban J connectivity index is 1.70. The average molecular weight is 379 g/mol. The topological polar surface area (TPSA) is 94.8 Å². The van der Waals surface area contributed by atoms with Crippen LogP contribution >= 0.6 is 0 Å². The standard InChI is InChI=1S/C22H34O5/c1-11(20(26)27)14-4-5-15-18-16(24)9-12-8-13(23)6-7-21(12,2)19(18)17(25)10-22(14,15)3/h11-15,17-19,23,25H,4-10H2,1-3H3,(H,26,27)/t11?,12?,13?,14-,15+,17?,18-,19+,21+,22-/m1/s1. The summed E-state index contributed by atoms with van der Waals surface area (Å²) in [5.74, 6) is -0.830. The first-order valence-electron chi connectivity index (χ1n) is 10.7. The first kappa shape index (κ1) is 19.4. The maximum atomic E-state index is 13.3. The largest absolute Gasteiger partial charge is 0.481 e. The van der Waals surface area contributed by atoms with E-state index in [4.69, 9.17) is 0 Å². The molecular formula is C22H34O5. The number of ketones is 1. The second kappa shape index (κ2) is 6.28. The molecule has 4 unspecified atom stereocenters. The van der Waals surface area contributed by atoms with E-state index in [0.717, 1.165) is 25.7 Å². The molecule has 0 aromatic carbocycles. The molecule has 0 heterocycles. The van der Waals surface area contributed by atoms with Crippen molar-refractivity contribution >= 4 is 11.8 Å². The van der Waals surface area contributed by atoms with E-state index in [2.05, 4.69) is 13.8 Å². The Morgan fingerprint density at radius 3 is 2.52 bits per heavy atom. The molecule has 0 aromatic heterocycles. The van der Waals surface area contributed by atoms with Crippen LogP contribution in [0.5, 0.6) is 0 Å². The van der Waals surface area contributed by atoms with Crippen molar-refractivity contribution in [2.45, 2.75) is 77.9 Å². The molecule has 27 heavy (non-hydrogen) atoms. The third kappa shape index (κ3) is 2.64. The molecule has 10 atom stereocenters. The zero-order valence-electron chi connectivity index (χ0n) is 16.7. The summed E-state index contributed by atoms with van der Waals surface area (Å²) in [7, 11) is 0. The molecule has 152 valence electrons. The summed E-state index contributed by atoms with van der Waals surface area (Å²) < 4.78 is 0. The van der Waals surface area contributed by atoms with Gasteiger partial charge in [-0.1, -0.05) is 20.8 Å². The first-order chi connectivity index (χ1) is 12.6. The Labute approximate surface area is 161 Å².